The Hall–Kier alpha value is -0.530. The molecule has 2 heteroatoms. The minimum atomic E-state index is 0.259. The molecule has 1 aliphatic rings. The second kappa shape index (κ2) is 5.53. The summed E-state index contributed by atoms with van der Waals surface area (Å²) in [7, 11) is 0. The third-order valence-electron chi connectivity index (χ3n) is 3.79. The number of carbonyl (C=O) groups is 1. The fraction of sp³-hybridized carbons (Fsp3) is 0.923. The average molecular weight is 211 g/mol. The molecule has 0 saturated heterocycles. The van der Waals surface area contributed by atoms with Gasteiger partial charge in [-0.3, -0.25) is 4.79 Å². The van der Waals surface area contributed by atoms with Gasteiger partial charge in [-0.15, -0.1) is 0 Å². The normalized spacial score (nSPS) is 19.5. The first-order chi connectivity index (χ1) is 7.02. The van der Waals surface area contributed by atoms with E-state index in [2.05, 4.69) is 25.7 Å². The molecule has 0 aromatic carbocycles. The Labute approximate surface area is 94.0 Å². The quantitative estimate of drug-likeness (QED) is 0.700. The van der Waals surface area contributed by atoms with Crippen LogP contribution in [-0.2, 0) is 4.79 Å². The van der Waals surface area contributed by atoms with Crippen LogP contribution in [0.1, 0.15) is 53.4 Å². The van der Waals surface area contributed by atoms with Gasteiger partial charge >= 0.3 is 0 Å². The zero-order valence-electron chi connectivity index (χ0n) is 10.6. The molecule has 1 fully saturated rings. The molecule has 1 saturated carbocycles. The van der Waals surface area contributed by atoms with E-state index in [0.29, 0.717) is 17.9 Å². The van der Waals surface area contributed by atoms with Crippen molar-refractivity contribution < 1.29 is 4.79 Å². The van der Waals surface area contributed by atoms with Gasteiger partial charge in [0.05, 0.1) is 0 Å². The highest BCUT2D eigenvalue weighted by Crippen LogP contribution is 2.25. The first-order valence-corrected chi connectivity index (χ1v) is 6.29. The molecule has 1 rings (SSSR count). The van der Waals surface area contributed by atoms with E-state index in [1.807, 2.05) is 0 Å². The van der Waals surface area contributed by atoms with E-state index < -0.39 is 0 Å². The maximum atomic E-state index is 11.6. The smallest absolute Gasteiger partial charge is 0.219 e. The van der Waals surface area contributed by atoms with Gasteiger partial charge in [-0.25, -0.2) is 0 Å². The molecule has 1 atom stereocenters. The Bertz CT molecular complexity index is 207. The second-order valence-electron chi connectivity index (χ2n) is 5.33. The van der Waals surface area contributed by atoms with Crippen molar-refractivity contribution in [2.75, 3.05) is 6.54 Å². The summed E-state index contributed by atoms with van der Waals surface area (Å²) in [5.74, 6) is 1.53. The summed E-state index contributed by atoms with van der Waals surface area (Å²) in [6, 6.07) is 0.531. The van der Waals surface area contributed by atoms with Crippen LogP contribution in [0, 0.1) is 11.8 Å². The van der Waals surface area contributed by atoms with Crippen LogP contribution < -0.4 is 0 Å². The van der Waals surface area contributed by atoms with Gasteiger partial charge in [0.2, 0.25) is 5.91 Å². The summed E-state index contributed by atoms with van der Waals surface area (Å²) in [4.78, 5) is 13.7. The Balaban J connectivity index is 2.53. The molecule has 0 N–H and O–H groups in total. The standard InChI is InChI=1S/C13H25NO/c1-10(2)11(3)9-14(12(4)15)13-7-5-6-8-13/h10-11,13H,5-9H2,1-4H3. The van der Waals surface area contributed by atoms with E-state index in [0.717, 1.165) is 6.54 Å². The van der Waals surface area contributed by atoms with Crippen LogP contribution in [0.25, 0.3) is 0 Å². The van der Waals surface area contributed by atoms with Crippen molar-refractivity contribution in [1.82, 2.24) is 4.90 Å². The summed E-state index contributed by atoms with van der Waals surface area (Å²) < 4.78 is 0. The maximum absolute atomic E-state index is 11.6. The Morgan fingerprint density at radius 3 is 2.20 bits per heavy atom. The third-order valence-corrected chi connectivity index (χ3v) is 3.79. The summed E-state index contributed by atoms with van der Waals surface area (Å²) >= 11 is 0. The van der Waals surface area contributed by atoms with Gasteiger partial charge in [-0.05, 0) is 24.7 Å². The molecular weight excluding hydrogens is 186 g/mol. The van der Waals surface area contributed by atoms with Gasteiger partial charge in [0.25, 0.3) is 0 Å². The van der Waals surface area contributed by atoms with Crippen LogP contribution in [0.3, 0.4) is 0 Å². The van der Waals surface area contributed by atoms with Crippen molar-refractivity contribution >= 4 is 5.91 Å². The maximum Gasteiger partial charge on any atom is 0.219 e. The number of rotatable bonds is 4. The average Bonchev–Trinajstić information content (AvgIpc) is 2.65. The van der Waals surface area contributed by atoms with Crippen molar-refractivity contribution in [2.45, 2.75) is 59.4 Å². The van der Waals surface area contributed by atoms with Crippen molar-refractivity contribution in [3.05, 3.63) is 0 Å². The van der Waals surface area contributed by atoms with Crippen LogP contribution >= 0.6 is 0 Å². The minimum absolute atomic E-state index is 0.259. The predicted molar refractivity (Wildman–Crippen MR) is 63.6 cm³/mol. The largest absolute Gasteiger partial charge is 0.340 e. The predicted octanol–water partition coefficient (Wildman–Crippen LogP) is 3.07. The number of nitrogens with zero attached hydrogens (tertiary/aromatic N) is 1. The third kappa shape index (κ3) is 3.51. The number of carbonyl (C=O) groups excluding carboxylic acids is 1. The molecule has 88 valence electrons. The topological polar surface area (TPSA) is 20.3 Å². The van der Waals surface area contributed by atoms with Gasteiger partial charge in [-0.2, -0.15) is 0 Å². The number of amides is 1. The van der Waals surface area contributed by atoms with E-state index >= 15 is 0 Å². The lowest BCUT2D eigenvalue weighted by molar-refractivity contribution is -0.131. The molecule has 15 heavy (non-hydrogen) atoms. The zero-order valence-corrected chi connectivity index (χ0v) is 10.6. The van der Waals surface area contributed by atoms with Crippen LogP contribution in [0.4, 0.5) is 0 Å². The summed E-state index contributed by atoms with van der Waals surface area (Å²) in [6.07, 6.45) is 5.02. The van der Waals surface area contributed by atoms with Gasteiger partial charge in [0, 0.05) is 19.5 Å². The molecule has 1 amide bonds. The number of hydrogen-bond acceptors (Lipinski definition) is 1. The summed E-state index contributed by atoms with van der Waals surface area (Å²) in [6.45, 7) is 9.37. The fourth-order valence-corrected chi connectivity index (χ4v) is 2.27. The Kier molecular flexibility index (Phi) is 4.62. The molecular formula is C13H25NO. The van der Waals surface area contributed by atoms with Gasteiger partial charge in [0.15, 0.2) is 0 Å². The molecule has 0 spiro atoms. The van der Waals surface area contributed by atoms with Gasteiger partial charge in [-0.1, -0.05) is 33.6 Å². The molecule has 0 aliphatic heterocycles. The lowest BCUT2D eigenvalue weighted by Gasteiger charge is -2.31. The van der Waals surface area contributed by atoms with Gasteiger partial charge in [0.1, 0.15) is 0 Å². The van der Waals surface area contributed by atoms with Crippen molar-refractivity contribution in [2.24, 2.45) is 11.8 Å². The zero-order chi connectivity index (χ0) is 11.4. The summed E-state index contributed by atoms with van der Waals surface area (Å²) in [5, 5.41) is 0. The van der Waals surface area contributed by atoms with Crippen LogP contribution in [0.2, 0.25) is 0 Å². The molecule has 0 bridgehead atoms. The number of hydrogen-bond donors (Lipinski definition) is 0. The van der Waals surface area contributed by atoms with E-state index in [9.17, 15) is 4.79 Å². The van der Waals surface area contributed by atoms with Crippen molar-refractivity contribution in [1.29, 1.82) is 0 Å². The molecule has 1 unspecified atom stereocenters. The summed E-state index contributed by atoms with van der Waals surface area (Å²) in [5.41, 5.74) is 0. The molecule has 0 aromatic heterocycles. The van der Waals surface area contributed by atoms with E-state index in [4.69, 9.17) is 0 Å². The molecule has 0 radical (unpaired) electrons. The molecule has 0 aromatic rings. The highest BCUT2D eigenvalue weighted by molar-refractivity contribution is 5.73. The molecule has 0 heterocycles. The van der Waals surface area contributed by atoms with Crippen LogP contribution in [0.5, 0.6) is 0 Å². The lowest BCUT2D eigenvalue weighted by Crippen LogP contribution is -2.41. The van der Waals surface area contributed by atoms with E-state index in [-0.39, 0.29) is 5.91 Å². The first kappa shape index (κ1) is 12.5. The monoisotopic (exact) mass is 211 g/mol. The van der Waals surface area contributed by atoms with Crippen LogP contribution in [0.15, 0.2) is 0 Å². The second-order valence-corrected chi connectivity index (χ2v) is 5.33. The van der Waals surface area contributed by atoms with E-state index in [1.165, 1.54) is 25.7 Å². The van der Waals surface area contributed by atoms with Crippen molar-refractivity contribution in [3.8, 4) is 0 Å². The van der Waals surface area contributed by atoms with Crippen LogP contribution in [-0.4, -0.2) is 23.4 Å². The SMILES string of the molecule is CC(=O)N(CC(C)C(C)C)C1CCCC1. The minimum Gasteiger partial charge on any atom is -0.340 e. The first-order valence-electron chi connectivity index (χ1n) is 6.29. The lowest BCUT2D eigenvalue weighted by atomic mass is 9.96. The van der Waals surface area contributed by atoms with Crippen molar-refractivity contribution in [3.63, 3.8) is 0 Å². The molecule has 1 aliphatic carbocycles. The van der Waals surface area contributed by atoms with E-state index in [1.54, 1.807) is 6.92 Å². The fourth-order valence-electron chi connectivity index (χ4n) is 2.27. The van der Waals surface area contributed by atoms with Gasteiger partial charge < -0.3 is 4.90 Å². The highest BCUT2D eigenvalue weighted by Gasteiger charge is 2.26. The highest BCUT2D eigenvalue weighted by atomic mass is 16.2. The Morgan fingerprint density at radius 2 is 1.80 bits per heavy atom. The molecule has 2 nitrogen and oxygen atoms in total. The Morgan fingerprint density at radius 1 is 1.27 bits per heavy atom.